The summed E-state index contributed by atoms with van der Waals surface area (Å²) < 4.78 is 0.792. The van der Waals surface area contributed by atoms with Gasteiger partial charge in [0.15, 0.2) is 0 Å². The topological polar surface area (TPSA) is 58.4 Å². The quantitative estimate of drug-likeness (QED) is 0.817. The van der Waals surface area contributed by atoms with E-state index in [0.717, 1.165) is 10.2 Å². The van der Waals surface area contributed by atoms with Gasteiger partial charge in [-0.3, -0.25) is 9.69 Å². The maximum atomic E-state index is 12.0. The first-order chi connectivity index (χ1) is 8.81. The molecule has 0 radical (unpaired) electrons. The third kappa shape index (κ3) is 4.84. The molecule has 1 atom stereocenters. The summed E-state index contributed by atoms with van der Waals surface area (Å²) in [6.07, 6.45) is 0. The summed E-state index contributed by atoms with van der Waals surface area (Å²) in [5.41, 5.74) is 7.06. The van der Waals surface area contributed by atoms with Gasteiger partial charge in [-0.1, -0.05) is 13.8 Å². The van der Waals surface area contributed by atoms with Gasteiger partial charge in [-0.05, 0) is 54.0 Å². The molecule has 0 aliphatic heterocycles. The number of benzene rings is 1. The molecule has 1 unspecified atom stereocenters. The van der Waals surface area contributed by atoms with Crippen molar-refractivity contribution in [3.63, 3.8) is 0 Å². The summed E-state index contributed by atoms with van der Waals surface area (Å²) in [7, 11) is 1.96. The van der Waals surface area contributed by atoms with E-state index in [1.807, 2.05) is 11.9 Å². The van der Waals surface area contributed by atoms with Crippen LogP contribution >= 0.6 is 15.9 Å². The maximum absolute atomic E-state index is 12.0. The summed E-state index contributed by atoms with van der Waals surface area (Å²) in [4.78, 5) is 14.0. The summed E-state index contributed by atoms with van der Waals surface area (Å²) in [5, 5.41) is 2.88. The molecule has 3 N–H and O–H groups in total. The third-order valence-corrected chi connectivity index (χ3v) is 3.98. The average Bonchev–Trinajstić information content (AvgIpc) is 2.31. The van der Waals surface area contributed by atoms with E-state index in [0.29, 0.717) is 24.2 Å². The van der Waals surface area contributed by atoms with E-state index >= 15 is 0 Å². The molecule has 1 aromatic rings. The van der Waals surface area contributed by atoms with Crippen LogP contribution in [-0.4, -0.2) is 30.4 Å². The zero-order chi connectivity index (χ0) is 14.6. The lowest BCUT2D eigenvalue weighted by Gasteiger charge is -2.27. The van der Waals surface area contributed by atoms with Gasteiger partial charge in [0.2, 0.25) is 5.91 Å². The van der Waals surface area contributed by atoms with Gasteiger partial charge in [-0.25, -0.2) is 0 Å². The van der Waals surface area contributed by atoms with Crippen molar-refractivity contribution in [3.8, 4) is 0 Å². The molecule has 0 saturated heterocycles. The van der Waals surface area contributed by atoms with Crippen LogP contribution < -0.4 is 11.1 Å². The van der Waals surface area contributed by atoms with Gasteiger partial charge in [-0.2, -0.15) is 0 Å². The number of halogens is 1. The standard InChI is InChI=1S/C14H22BrN3O/c1-9(2)10(3)18(4)8-14(19)17-13-6-5-11(16)7-12(13)15/h5-7,9-10H,8,16H2,1-4H3,(H,17,19). The number of likely N-dealkylation sites (N-methyl/N-ethyl adjacent to an activating group) is 1. The van der Waals surface area contributed by atoms with Gasteiger partial charge in [-0.15, -0.1) is 0 Å². The van der Waals surface area contributed by atoms with E-state index in [4.69, 9.17) is 5.73 Å². The fraction of sp³-hybridized carbons (Fsp3) is 0.500. The minimum atomic E-state index is -0.0273. The Bertz CT molecular complexity index is 448. The van der Waals surface area contributed by atoms with Gasteiger partial charge in [0.05, 0.1) is 12.2 Å². The first-order valence-electron chi connectivity index (χ1n) is 6.36. The molecule has 0 bridgehead atoms. The second-order valence-electron chi connectivity index (χ2n) is 5.19. The van der Waals surface area contributed by atoms with Crippen molar-refractivity contribution in [3.05, 3.63) is 22.7 Å². The van der Waals surface area contributed by atoms with Crippen LogP contribution in [0.1, 0.15) is 20.8 Å². The van der Waals surface area contributed by atoms with Crippen LogP contribution in [0.3, 0.4) is 0 Å². The molecule has 0 aliphatic rings. The van der Waals surface area contributed by atoms with Gasteiger partial charge in [0.1, 0.15) is 0 Å². The van der Waals surface area contributed by atoms with Crippen LogP contribution in [0.5, 0.6) is 0 Å². The van der Waals surface area contributed by atoms with Crippen molar-refractivity contribution < 1.29 is 4.79 Å². The van der Waals surface area contributed by atoms with E-state index in [1.54, 1.807) is 18.2 Å². The highest BCUT2D eigenvalue weighted by Gasteiger charge is 2.16. The highest BCUT2D eigenvalue weighted by molar-refractivity contribution is 9.10. The van der Waals surface area contributed by atoms with Crippen LogP contribution in [0, 0.1) is 5.92 Å². The minimum Gasteiger partial charge on any atom is -0.399 e. The first kappa shape index (κ1) is 16.0. The minimum absolute atomic E-state index is 0.0273. The Kier molecular flexibility index (Phi) is 5.82. The van der Waals surface area contributed by atoms with Gasteiger partial charge in [0.25, 0.3) is 0 Å². The summed E-state index contributed by atoms with van der Waals surface area (Å²) >= 11 is 3.39. The molecule has 0 saturated carbocycles. The highest BCUT2D eigenvalue weighted by Crippen LogP contribution is 2.24. The Hall–Kier alpha value is -1.07. The molecular weight excluding hydrogens is 306 g/mol. The van der Waals surface area contributed by atoms with E-state index in [-0.39, 0.29) is 5.91 Å². The molecule has 5 heteroatoms. The molecule has 0 aliphatic carbocycles. The van der Waals surface area contributed by atoms with Gasteiger partial charge in [0, 0.05) is 16.2 Å². The number of carbonyl (C=O) groups excluding carboxylic acids is 1. The normalized spacial score (nSPS) is 12.8. The fourth-order valence-electron chi connectivity index (χ4n) is 1.70. The van der Waals surface area contributed by atoms with Crippen LogP contribution in [0.2, 0.25) is 0 Å². The maximum Gasteiger partial charge on any atom is 0.238 e. The number of amides is 1. The Balaban J connectivity index is 2.60. The van der Waals surface area contributed by atoms with Crippen LogP contribution in [0.4, 0.5) is 11.4 Å². The van der Waals surface area contributed by atoms with Crippen LogP contribution in [-0.2, 0) is 4.79 Å². The Morgan fingerprint density at radius 2 is 2.05 bits per heavy atom. The fourth-order valence-corrected chi connectivity index (χ4v) is 2.20. The number of nitrogens with zero attached hydrogens (tertiary/aromatic N) is 1. The predicted molar refractivity (Wildman–Crippen MR) is 84.1 cm³/mol. The summed E-state index contributed by atoms with van der Waals surface area (Å²) in [5.74, 6) is 0.488. The molecule has 1 aromatic carbocycles. The van der Waals surface area contributed by atoms with E-state index in [9.17, 15) is 4.79 Å². The molecule has 0 fully saturated rings. The molecule has 0 aromatic heterocycles. The number of nitrogens with two attached hydrogens (primary N) is 1. The highest BCUT2D eigenvalue weighted by atomic mass is 79.9. The van der Waals surface area contributed by atoms with Crippen molar-refractivity contribution in [2.75, 3.05) is 24.6 Å². The number of hydrogen-bond donors (Lipinski definition) is 2. The van der Waals surface area contributed by atoms with Gasteiger partial charge >= 0.3 is 0 Å². The van der Waals surface area contributed by atoms with Crippen molar-refractivity contribution in [1.82, 2.24) is 4.90 Å². The van der Waals surface area contributed by atoms with Crippen molar-refractivity contribution >= 4 is 33.2 Å². The number of rotatable bonds is 5. The van der Waals surface area contributed by atoms with E-state index in [1.165, 1.54) is 0 Å². The molecule has 1 rings (SSSR count). The third-order valence-electron chi connectivity index (χ3n) is 3.32. The largest absolute Gasteiger partial charge is 0.399 e. The number of anilines is 2. The average molecular weight is 328 g/mol. The van der Waals surface area contributed by atoms with Crippen molar-refractivity contribution in [2.45, 2.75) is 26.8 Å². The Labute approximate surface area is 123 Å². The van der Waals surface area contributed by atoms with Crippen LogP contribution in [0.25, 0.3) is 0 Å². The molecule has 1 amide bonds. The summed E-state index contributed by atoms with van der Waals surface area (Å²) in [6, 6.07) is 5.70. The molecule has 4 nitrogen and oxygen atoms in total. The number of hydrogen-bond acceptors (Lipinski definition) is 3. The van der Waals surface area contributed by atoms with E-state index < -0.39 is 0 Å². The zero-order valence-corrected chi connectivity index (χ0v) is 13.5. The zero-order valence-electron chi connectivity index (χ0n) is 11.9. The summed E-state index contributed by atoms with van der Waals surface area (Å²) in [6.45, 7) is 6.79. The van der Waals surface area contributed by atoms with Crippen molar-refractivity contribution in [2.24, 2.45) is 5.92 Å². The predicted octanol–water partition coefficient (Wildman–Crippen LogP) is 2.95. The first-order valence-corrected chi connectivity index (χ1v) is 7.15. The second-order valence-corrected chi connectivity index (χ2v) is 6.04. The molecule has 0 spiro atoms. The van der Waals surface area contributed by atoms with Crippen molar-refractivity contribution in [1.29, 1.82) is 0 Å². The lowest BCUT2D eigenvalue weighted by molar-refractivity contribution is -0.117. The molecule has 0 heterocycles. The molecule has 19 heavy (non-hydrogen) atoms. The SMILES string of the molecule is CC(C)C(C)N(C)CC(=O)Nc1ccc(N)cc1Br. The number of carbonyl (C=O) groups is 1. The number of nitrogens with one attached hydrogen (secondary N) is 1. The lowest BCUT2D eigenvalue weighted by atomic mass is 10.1. The van der Waals surface area contributed by atoms with E-state index in [2.05, 4.69) is 42.0 Å². The molecular formula is C14H22BrN3O. The Morgan fingerprint density at radius 3 is 2.58 bits per heavy atom. The molecule has 106 valence electrons. The van der Waals surface area contributed by atoms with Gasteiger partial charge < -0.3 is 11.1 Å². The lowest BCUT2D eigenvalue weighted by Crippen LogP contribution is -2.39. The monoisotopic (exact) mass is 327 g/mol. The van der Waals surface area contributed by atoms with Crippen LogP contribution in [0.15, 0.2) is 22.7 Å². The smallest absolute Gasteiger partial charge is 0.238 e. The Morgan fingerprint density at radius 1 is 1.42 bits per heavy atom. The number of nitrogen functional groups attached to an aromatic ring is 1. The second kappa shape index (κ2) is 6.91.